The third-order valence-corrected chi connectivity index (χ3v) is 4.50. The molecule has 146 valence electrons. The zero-order valence-corrected chi connectivity index (χ0v) is 16.0. The van der Waals surface area contributed by atoms with Gasteiger partial charge in [-0.1, -0.05) is 0 Å². The van der Waals surface area contributed by atoms with Crippen molar-refractivity contribution in [1.29, 1.82) is 0 Å². The number of hydrogen-bond donors (Lipinski definition) is 2. The van der Waals surface area contributed by atoms with Gasteiger partial charge < -0.3 is 20.5 Å². The maximum Gasteiger partial charge on any atom is 0.316 e. The molecule has 2 heterocycles. The van der Waals surface area contributed by atoms with Crippen LogP contribution in [0.5, 0.6) is 5.75 Å². The van der Waals surface area contributed by atoms with E-state index in [9.17, 15) is 4.79 Å². The van der Waals surface area contributed by atoms with Crippen molar-refractivity contribution in [2.75, 3.05) is 31.6 Å². The lowest BCUT2D eigenvalue weighted by atomic mass is 10.1. The van der Waals surface area contributed by atoms with E-state index in [0.717, 1.165) is 36.6 Å². The minimum atomic E-state index is -0.602. The van der Waals surface area contributed by atoms with E-state index in [1.807, 2.05) is 25.2 Å². The quantitative estimate of drug-likeness (QED) is 0.808. The first-order chi connectivity index (χ1) is 12.9. The average Bonchev–Trinajstić information content (AvgIpc) is 3.00. The Morgan fingerprint density at radius 2 is 2.07 bits per heavy atom. The van der Waals surface area contributed by atoms with E-state index >= 15 is 0 Å². The van der Waals surface area contributed by atoms with Gasteiger partial charge in [0.2, 0.25) is 0 Å². The molecule has 2 atom stereocenters. The van der Waals surface area contributed by atoms with Crippen LogP contribution in [0.1, 0.15) is 13.8 Å². The van der Waals surface area contributed by atoms with E-state index in [1.54, 1.807) is 16.9 Å². The molecule has 0 unspecified atom stereocenters. The Kier molecular flexibility index (Phi) is 5.98. The van der Waals surface area contributed by atoms with Crippen molar-refractivity contribution in [3.05, 3.63) is 30.5 Å². The van der Waals surface area contributed by atoms with Gasteiger partial charge in [-0.05, 0) is 38.1 Å². The molecule has 1 saturated heterocycles. The molecule has 1 aliphatic rings. The molecule has 3 N–H and O–H groups in total. The van der Waals surface area contributed by atoms with Gasteiger partial charge in [0.05, 0.1) is 17.9 Å². The highest BCUT2D eigenvalue weighted by molar-refractivity contribution is 5.89. The Morgan fingerprint density at radius 3 is 2.70 bits per heavy atom. The number of aromatic nitrogens is 2. The first-order valence-electron chi connectivity index (χ1n) is 9.12. The smallest absolute Gasteiger partial charge is 0.316 e. The predicted molar refractivity (Wildman–Crippen MR) is 104 cm³/mol. The third-order valence-electron chi connectivity index (χ3n) is 4.50. The Hall–Kier alpha value is -2.58. The molecular weight excluding hydrogens is 346 g/mol. The normalized spacial score (nSPS) is 20.4. The lowest BCUT2D eigenvalue weighted by Crippen LogP contribution is -2.46. The first kappa shape index (κ1) is 19.2. The number of morpholine rings is 1. The number of hydrogen-bond acceptors (Lipinski definition) is 5. The van der Waals surface area contributed by atoms with E-state index in [2.05, 4.69) is 29.2 Å². The van der Waals surface area contributed by atoms with Crippen LogP contribution >= 0.6 is 0 Å². The number of carbonyl (C=O) groups excluding carboxylic acids is 1. The molecule has 1 aromatic heterocycles. The van der Waals surface area contributed by atoms with Crippen LogP contribution in [0.25, 0.3) is 11.3 Å². The van der Waals surface area contributed by atoms with E-state index in [4.69, 9.17) is 15.2 Å². The number of amides is 2. The van der Waals surface area contributed by atoms with E-state index in [-0.39, 0.29) is 12.2 Å². The number of benzene rings is 1. The average molecular weight is 373 g/mol. The second-order valence-corrected chi connectivity index (χ2v) is 6.91. The van der Waals surface area contributed by atoms with Crippen molar-refractivity contribution in [1.82, 2.24) is 14.7 Å². The summed E-state index contributed by atoms with van der Waals surface area (Å²) in [6.45, 7) is 7.38. The van der Waals surface area contributed by atoms with Gasteiger partial charge in [0, 0.05) is 44.1 Å². The minimum Gasteiger partial charge on any atom is -0.492 e. The standard InChI is InChI=1S/C19H27N5O3/c1-13-11-24(12-14(2)27-13)8-9-26-18-5-4-15(22-19(20)25)10-16(18)17-6-7-21-23(17)3/h4-7,10,13-14H,8-9,11-12H2,1-3H3,(H3,20,22,25)/t13-,14+. The van der Waals surface area contributed by atoms with Gasteiger partial charge in [0.25, 0.3) is 0 Å². The van der Waals surface area contributed by atoms with Gasteiger partial charge in [0.1, 0.15) is 12.4 Å². The molecule has 3 rings (SSSR count). The summed E-state index contributed by atoms with van der Waals surface area (Å²) in [5.41, 5.74) is 7.59. The topological polar surface area (TPSA) is 94.6 Å². The molecule has 1 fully saturated rings. The SMILES string of the molecule is C[C@@H]1CN(CCOc2ccc(NC(N)=O)cc2-c2ccnn2C)C[C@H](C)O1. The highest BCUT2D eigenvalue weighted by Crippen LogP contribution is 2.32. The maximum atomic E-state index is 11.2. The van der Waals surface area contributed by atoms with Gasteiger partial charge >= 0.3 is 6.03 Å². The monoisotopic (exact) mass is 373 g/mol. The number of ether oxygens (including phenoxy) is 2. The van der Waals surface area contributed by atoms with Crippen molar-refractivity contribution in [3.63, 3.8) is 0 Å². The summed E-state index contributed by atoms with van der Waals surface area (Å²) in [6, 6.07) is 6.77. The van der Waals surface area contributed by atoms with Gasteiger partial charge in [0.15, 0.2) is 0 Å². The molecule has 0 bridgehead atoms. The lowest BCUT2D eigenvalue weighted by molar-refractivity contribution is -0.0699. The molecule has 0 saturated carbocycles. The lowest BCUT2D eigenvalue weighted by Gasteiger charge is -2.35. The van der Waals surface area contributed by atoms with Gasteiger partial charge in [-0.15, -0.1) is 0 Å². The molecule has 27 heavy (non-hydrogen) atoms. The Bertz CT molecular complexity index is 781. The maximum absolute atomic E-state index is 11.2. The third kappa shape index (κ3) is 4.99. The van der Waals surface area contributed by atoms with Gasteiger partial charge in [-0.3, -0.25) is 9.58 Å². The van der Waals surface area contributed by atoms with Crippen LogP contribution in [0.3, 0.4) is 0 Å². The molecule has 2 aromatic rings. The van der Waals surface area contributed by atoms with Crippen LogP contribution in [0.15, 0.2) is 30.5 Å². The fourth-order valence-corrected chi connectivity index (χ4v) is 3.47. The number of nitrogens with two attached hydrogens (primary N) is 1. The number of nitrogens with zero attached hydrogens (tertiary/aromatic N) is 3. The number of carbonyl (C=O) groups is 1. The molecule has 0 radical (unpaired) electrons. The summed E-state index contributed by atoms with van der Waals surface area (Å²) >= 11 is 0. The highest BCUT2D eigenvalue weighted by atomic mass is 16.5. The molecule has 0 spiro atoms. The van der Waals surface area contributed by atoms with E-state index in [0.29, 0.717) is 12.3 Å². The van der Waals surface area contributed by atoms with Crippen LogP contribution in [0.4, 0.5) is 10.5 Å². The Balaban J connectivity index is 1.72. The number of anilines is 1. The van der Waals surface area contributed by atoms with Crippen molar-refractivity contribution in [2.45, 2.75) is 26.1 Å². The van der Waals surface area contributed by atoms with Crippen molar-refractivity contribution >= 4 is 11.7 Å². The first-order valence-corrected chi connectivity index (χ1v) is 9.12. The molecule has 1 aliphatic heterocycles. The fourth-order valence-electron chi connectivity index (χ4n) is 3.47. The Labute approximate surface area is 159 Å². The zero-order valence-electron chi connectivity index (χ0n) is 16.0. The number of urea groups is 1. The number of nitrogens with one attached hydrogen (secondary N) is 1. The summed E-state index contributed by atoms with van der Waals surface area (Å²) in [6.07, 6.45) is 2.19. The molecular formula is C19H27N5O3. The van der Waals surface area contributed by atoms with E-state index < -0.39 is 6.03 Å². The van der Waals surface area contributed by atoms with Gasteiger partial charge in [-0.2, -0.15) is 5.10 Å². The Morgan fingerprint density at radius 1 is 1.33 bits per heavy atom. The van der Waals surface area contributed by atoms with Crippen LogP contribution in [-0.4, -0.2) is 59.2 Å². The molecule has 8 nitrogen and oxygen atoms in total. The summed E-state index contributed by atoms with van der Waals surface area (Å²) in [7, 11) is 1.86. The molecule has 2 amide bonds. The van der Waals surface area contributed by atoms with Crippen molar-refractivity contribution in [2.24, 2.45) is 12.8 Å². The summed E-state index contributed by atoms with van der Waals surface area (Å²) in [4.78, 5) is 13.5. The van der Waals surface area contributed by atoms with E-state index in [1.165, 1.54) is 0 Å². The summed E-state index contributed by atoms with van der Waals surface area (Å²) in [5, 5.41) is 6.82. The second-order valence-electron chi connectivity index (χ2n) is 6.91. The van der Waals surface area contributed by atoms with Gasteiger partial charge in [-0.25, -0.2) is 4.79 Å². The zero-order chi connectivity index (χ0) is 19.4. The molecule has 1 aromatic carbocycles. The summed E-state index contributed by atoms with van der Waals surface area (Å²) < 4.78 is 13.6. The number of aryl methyl sites for hydroxylation is 1. The summed E-state index contributed by atoms with van der Waals surface area (Å²) in [5.74, 6) is 0.739. The second kappa shape index (κ2) is 8.41. The highest BCUT2D eigenvalue weighted by Gasteiger charge is 2.22. The minimum absolute atomic E-state index is 0.234. The molecule has 8 heteroatoms. The van der Waals surface area contributed by atoms with Crippen LogP contribution in [0.2, 0.25) is 0 Å². The number of primary amides is 1. The van der Waals surface area contributed by atoms with Crippen molar-refractivity contribution < 1.29 is 14.3 Å². The largest absolute Gasteiger partial charge is 0.492 e. The fraction of sp³-hybridized carbons (Fsp3) is 0.474. The van der Waals surface area contributed by atoms with Crippen LogP contribution < -0.4 is 15.8 Å². The molecule has 0 aliphatic carbocycles. The predicted octanol–water partition coefficient (Wildman–Crippen LogP) is 2.07. The van der Waals surface area contributed by atoms with Crippen LogP contribution in [-0.2, 0) is 11.8 Å². The van der Waals surface area contributed by atoms with Crippen molar-refractivity contribution in [3.8, 4) is 17.0 Å². The number of rotatable bonds is 6. The van der Waals surface area contributed by atoms with Crippen LogP contribution in [0, 0.1) is 0 Å².